The molecule has 0 spiro atoms. The van der Waals surface area contributed by atoms with Gasteiger partial charge in [0.05, 0.1) is 0 Å². The van der Waals surface area contributed by atoms with Gasteiger partial charge < -0.3 is 0 Å². The fraction of sp³-hybridized carbons (Fsp3) is 0.0625. The topological polar surface area (TPSA) is 33.0 Å². The second-order valence-corrected chi connectivity index (χ2v) is 6.15. The molecule has 94 valence electrons. The van der Waals surface area contributed by atoms with Crippen molar-refractivity contribution in [1.29, 1.82) is 5.26 Å². The first-order valence-corrected chi connectivity index (χ1v) is 7.52. The monoisotopic (exact) mass is 315 g/mol. The summed E-state index contributed by atoms with van der Waals surface area (Å²) in [5.41, 5.74) is 1.02. The molecule has 0 saturated carbocycles. The summed E-state index contributed by atoms with van der Waals surface area (Å²) in [7, 11) is 1.64. The normalized spacial score (nSPS) is 10.8. The van der Waals surface area contributed by atoms with E-state index in [1.165, 1.54) is 4.46 Å². The van der Waals surface area contributed by atoms with Crippen LogP contribution in [0.15, 0.2) is 59.1 Å². The van der Waals surface area contributed by atoms with Gasteiger partial charge in [0.25, 0.3) is 0 Å². The Hall–Kier alpha value is -2.01. The predicted molar refractivity (Wildman–Crippen MR) is 78.4 cm³/mol. The van der Waals surface area contributed by atoms with Gasteiger partial charge in [0.1, 0.15) is 0 Å². The van der Waals surface area contributed by atoms with Gasteiger partial charge in [0.2, 0.25) is 0 Å². The van der Waals surface area contributed by atoms with Crippen LogP contribution in [0.3, 0.4) is 0 Å². The minimum absolute atomic E-state index is 0.0515. The molecule has 2 aromatic rings. The van der Waals surface area contributed by atoms with E-state index in [1.54, 1.807) is 7.11 Å². The van der Waals surface area contributed by atoms with E-state index in [1.807, 2.05) is 48.5 Å². The van der Waals surface area contributed by atoms with Crippen LogP contribution in [-0.2, 0) is 0 Å². The third-order valence-electron chi connectivity index (χ3n) is 2.49. The number of nitriles is 1. The van der Waals surface area contributed by atoms with Crippen LogP contribution in [0.4, 0.5) is 0 Å². The fourth-order valence-electron chi connectivity index (χ4n) is 1.55. The van der Waals surface area contributed by atoms with Crippen LogP contribution in [0.1, 0.15) is 5.56 Å². The van der Waals surface area contributed by atoms with Crippen molar-refractivity contribution in [3.8, 4) is 11.8 Å². The second-order valence-electron chi connectivity index (χ2n) is 3.81. The van der Waals surface area contributed by atoms with E-state index >= 15 is 0 Å². The molecule has 0 heterocycles. The second kappa shape index (κ2) is 6.80. The van der Waals surface area contributed by atoms with E-state index in [2.05, 4.69) is 18.2 Å². The molecule has 0 fully saturated rings. The zero-order chi connectivity index (χ0) is 13.5. The number of hydrogen-bond acceptors (Lipinski definition) is 2. The summed E-state index contributed by atoms with van der Waals surface area (Å²) in [4.78, 5) is 0. The molecule has 0 N–H and O–H groups in total. The number of hydrogen-bond donors (Lipinski definition) is 0. The average Bonchev–Trinajstić information content (AvgIpc) is 2.48. The first kappa shape index (κ1) is 13.4. The van der Waals surface area contributed by atoms with E-state index in [4.69, 9.17) is 4.74 Å². The summed E-state index contributed by atoms with van der Waals surface area (Å²) >= 11 is 0.0515. The van der Waals surface area contributed by atoms with Crippen LogP contribution in [0.5, 0.6) is 5.75 Å². The number of nitrogens with zero attached hydrogens (tertiary/aromatic N) is 1. The molecular weight excluding hydrogens is 301 g/mol. The molecule has 0 saturated heterocycles. The summed E-state index contributed by atoms with van der Waals surface area (Å²) in [5.74, 6) is 0.823. The van der Waals surface area contributed by atoms with Crippen molar-refractivity contribution in [2.24, 2.45) is 0 Å². The molecule has 2 nitrogen and oxygen atoms in total. The van der Waals surface area contributed by atoms with Crippen LogP contribution in [0, 0.1) is 11.3 Å². The maximum atomic E-state index is 9.22. The SMILES string of the molecule is COc1ccc(/C=C(\C#N)[Se]c2ccccc2)cc1. The fourth-order valence-corrected chi connectivity index (χ4v) is 3.20. The van der Waals surface area contributed by atoms with E-state index in [9.17, 15) is 5.26 Å². The van der Waals surface area contributed by atoms with E-state index in [0.717, 1.165) is 15.8 Å². The quantitative estimate of drug-likeness (QED) is 0.642. The van der Waals surface area contributed by atoms with Gasteiger partial charge in [-0.2, -0.15) is 0 Å². The van der Waals surface area contributed by atoms with Gasteiger partial charge in [-0.25, -0.2) is 0 Å². The molecule has 0 aromatic heterocycles. The van der Waals surface area contributed by atoms with Crippen LogP contribution in [0.2, 0.25) is 0 Å². The standard InChI is InChI=1S/C16H13NOSe/c1-18-14-9-7-13(8-10-14)11-16(12-17)19-15-5-3-2-4-6-15/h2-11H,1H3/b16-11+. The molecule has 0 aliphatic rings. The molecule has 0 amide bonds. The first-order chi connectivity index (χ1) is 9.31. The maximum absolute atomic E-state index is 9.22. The Morgan fingerprint density at radius 3 is 2.37 bits per heavy atom. The molecule has 0 aliphatic heterocycles. The van der Waals surface area contributed by atoms with Gasteiger partial charge in [-0.05, 0) is 0 Å². The van der Waals surface area contributed by atoms with E-state index in [-0.39, 0.29) is 15.0 Å². The Morgan fingerprint density at radius 2 is 1.79 bits per heavy atom. The number of benzene rings is 2. The first-order valence-electron chi connectivity index (χ1n) is 5.80. The number of methoxy groups -OCH3 is 1. The molecule has 0 unspecified atom stereocenters. The molecule has 0 radical (unpaired) electrons. The van der Waals surface area contributed by atoms with Gasteiger partial charge in [0.15, 0.2) is 0 Å². The Balaban J connectivity index is 2.17. The Labute approximate surface area is 119 Å². The van der Waals surface area contributed by atoms with Gasteiger partial charge >= 0.3 is 119 Å². The van der Waals surface area contributed by atoms with Gasteiger partial charge in [0, 0.05) is 0 Å². The van der Waals surface area contributed by atoms with Crippen LogP contribution < -0.4 is 9.20 Å². The number of allylic oxidation sites excluding steroid dienone is 1. The summed E-state index contributed by atoms with van der Waals surface area (Å²) in [6, 6.07) is 20.1. The molecule has 0 bridgehead atoms. The Morgan fingerprint density at radius 1 is 1.11 bits per heavy atom. The van der Waals surface area contributed by atoms with E-state index in [0.29, 0.717) is 0 Å². The summed E-state index contributed by atoms with van der Waals surface area (Å²) in [6.45, 7) is 0. The summed E-state index contributed by atoms with van der Waals surface area (Å²) < 4.78 is 7.13. The van der Waals surface area contributed by atoms with Gasteiger partial charge in [-0.3, -0.25) is 0 Å². The third kappa shape index (κ3) is 3.99. The average molecular weight is 314 g/mol. The van der Waals surface area contributed by atoms with Crippen LogP contribution in [0.25, 0.3) is 6.08 Å². The number of ether oxygens (including phenoxy) is 1. The van der Waals surface area contributed by atoms with Crippen molar-refractivity contribution in [3.63, 3.8) is 0 Å². The molecule has 2 aromatic carbocycles. The molecule has 0 aliphatic carbocycles. The zero-order valence-electron chi connectivity index (χ0n) is 10.5. The zero-order valence-corrected chi connectivity index (χ0v) is 12.3. The summed E-state index contributed by atoms with van der Waals surface area (Å²) in [6.07, 6.45) is 1.94. The van der Waals surface area contributed by atoms with Gasteiger partial charge in [-0.1, -0.05) is 0 Å². The molecule has 19 heavy (non-hydrogen) atoms. The Bertz CT molecular complexity index is 597. The Kier molecular flexibility index (Phi) is 4.80. The summed E-state index contributed by atoms with van der Waals surface area (Å²) in [5, 5.41) is 9.22. The third-order valence-corrected chi connectivity index (χ3v) is 4.46. The van der Waals surface area contributed by atoms with Crippen molar-refractivity contribution in [2.45, 2.75) is 0 Å². The molecule has 2 rings (SSSR count). The molecular formula is C16H13NOSe. The van der Waals surface area contributed by atoms with Gasteiger partial charge in [-0.15, -0.1) is 0 Å². The van der Waals surface area contributed by atoms with Crippen molar-refractivity contribution < 1.29 is 4.74 Å². The van der Waals surface area contributed by atoms with Crippen molar-refractivity contribution in [3.05, 3.63) is 64.6 Å². The van der Waals surface area contributed by atoms with E-state index < -0.39 is 0 Å². The number of rotatable bonds is 4. The van der Waals surface area contributed by atoms with Crippen molar-refractivity contribution in [2.75, 3.05) is 7.11 Å². The minimum atomic E-state index is 0.0515. The van der Waals surface area contributed by atoms with Crippen LogP contribution >= 0.6 is 0 Å². The predicted octanol–water partition coefficient (Wildman–Crippen LogP) is 2.59. The van der Waals surface area contributed by atoms with Crippen molar-refractivity contribution in [1.82, 2.24) is 0 Å². The van der Waals surface area contributed by atoms with Crippen molar-refractivity contribution >= 4 is 25.5 Å². The molecule has 0 atom stereocenters. The molecule has 3 heteroatoms. The van der Waals surface area contributed by atoms with Crippen LogP contribution in [-0.4, -0.2) is 22.1 Å².